The Morgan fingerprint density at radius 3 is 2.55 bits per heavy atom. The summed E-state index contributed by atoms with van der Waals surface area (Å²) < 4.78 is 7.73. The Hall–Kier alpha value is -2.48. The molecule has 1 saturated heterocycles. The molecule has 1 aliphatic rings. The van der Waals surface area contributed by atoms with E-state index in [0.29, 0.717) is 24.7 Å². The van der Waals surface area contributed by atoms with Crippen LogP contribution in [-0.4, -0.2) is 52.3 Å². The number of halogens is 1. The van der Waals surface area contributed by atoms with Gasteiger partial charge in [-0.25, -0.2) is 0 Å². The van der Waals surface area contributed by atoms with Gasteiger partial charge in [0.05, 0.1) is 18.0 Å². The summed E-state index contributed by atoms with van der Waals surface area (Å²) >= 11 is 7.64. The summed E-state index contributed by atoms with van der Waals surface area (Å²) in [6.07, 6.45) is 2.05. The quantitative estimate of drug-likeness (QED) is 0.506. The van der Waals surface area contributed by atoms with Crippen molar-refractivity contribution in [2.75, 3.05) is 18.8 Å². The number of hydrogen-bond donors (Lipinski definition) is 1. The third-order valence-corrected chi connectivity index (χ3v) is 7.03. The van der Waals surface area contributed by atoms with Gasteiger partial charge in [0.15, 0.2) is 0 Å². The lowest BCUT2D eigenvalue weighted by atomic mass is 10.2. The molecule has 8 heteroatoms. The molecule has 0 saturated carbocycles. The molecule has 0 aliphatic carbocycles. The van der Waals surface area contributed by atoms with E-state index in [-0.39, 0.29) is 36.3 Å². The number of para-hydroxylation sites is 1. The second-order valence-electron chi connectivity index (χ2n) is 8.35. The van der Waals surface area contributed by atoms with Gasteiger partial charge in [0.1, 0.15) is 6.54 Å². The van der Waals surface area contributed by atoms with Crippen LogP contribution in [0.3, 0.4) is 0 Å². The maximum Gasteiger partial charge on any atom is 0.242 e. The van der Waals surface area contributed by atoms with Gasteiger partial charge in [-0.2, -0.15) is 0 Å². The highest BCUT2D eigenvalue weighted by Crippen LogP contribution is 2.30. The topological polar surface area (TPSA) is 63.6 Å². The zero-order chi connectivity index (χ0) is 23.4. The number of fused-ring (bicyclic) bond motifs is 1. The molecule has 0 unspecified atom stereocenters. The van der Waals surface area contributed by atoms with Crippen molar-refractivity contribution in [2.24, 2.45) is 0 Å². The Balaban J connectivity index is 1.41. The lowest BCUT2D eigenvalue weighted by molar-refractivity contribution is -0.143. The molecule has 6 nitrogen and oxygen atoms in total. The van der Waals surface area contributed by atoms with Crippen LogP contribution < -0.4 is 5.32 Å². The number of aromatic nitrogens is 1. The number of nitrogens with one attached hydrogen (secondary N) is 1. The Bertz CT molecular complexity index is 1140. The normalized spacial score (nSPS) is 18.5. The largest absolute Gasteiger partial charge is 0.372 e. The van der Waals surface area contributed by atoms with Crippen LogP contribution in [0.25, 0.3) is 10.9 Å². The highest BCUT2D eigenvalue weighted by molar-refractivity contribution is 8.00. The third kappa shape index (κ3) is 5.91. The van der Waals surface area contributed by atoms with Crippen LogP contribution in [0.15, 0.2) is 59.6 Å². The first kappa shape index (κ1) is 23.7. The molecule has 174 valence electrons. The molecule has 3 aromatic rings. The molecular formula is C25H28ClN3O3S. The molecule has 0 radical (unpaired) electrons. The number of benzene rings is 2. The number of hydrogen-bond acceptors (Lipinski definition) is 4. The monoisotopic (exact) mass is 485 g/mol. The smallest absolute Gasteiger partial charge is 0.242 e. The van der Waals surface area contributed by atoms with Gasteiger partial charge in [-0.15, -0.1) is 11.8 Å². The fourth-order valence-electron chi connectivity index (χ4n) is 4.12. The Morgan fingerprint density at radius 2 is 1.79 bits per heavy atom. The number of morpholine rings is 1. The van der Waals surface area contributed by atoms with E-state index in [1.165, 1.54) is 11.8 Å². The predicted octanol–water partition coefficient (Wildman–Crippen LogP) is 4.34. The molecule has 1 N–H and O–H groups in total. The summed E-state index contributed by atoms with van der Waals surface area (Å²) in [5.41, 5.74) is 1.87. The first-order valence-electron chi connectivity index (χ1n) is 11.0. The van der Waals surface area contributed by atoms with Gasteiger partial charge in [0, 0.05) is 46.7 Å². The van der Waals surface area contributed by atoms with Gasteiger partial charge in [-0.1, -0.05) is 48.0 Å². The summed E-state index contributed by atoms with van der Waals surface area (Å²) in [6, 6.07) is 15.4. The van der Waals surface area contributed by atoms with Crippen molar-refractivity contribution in [3.8, 4) is 0 Å². The molecule has 0 spiro atoms. The first-order valence-corrected chi connectivity index (χ1v) is 12.4. The van der Waals surface area contributed by atoms with Crippen LogP contribution in [0.5, 0.6) is 0 Å². The van der Waals surface area contributed by atoms with Gasteiger partial charge >= 0.3 is 0 Å². The number of ether oxygens (including phenoxy) is 1. The minimum absolute atomic E-state index is 0.0366. The third-order valence-electron chi connectivity index (χ3n) is 5.62. The highest BCUT2D eigenvalue weighted by atomic mass is 35.5. The molecule has 2 heterocycles. The van der Waals surface area contributed by atoms with Crippen molar-refractivity contribution in [3.63, 3.8) is 0 Å². The summed E-state index contributed by atoms with van der Waals surface area (Å²) in [7, 11) is 0. The van der Waals surface area contributed by atoms with Crippen molar-refractivity contribution in [1.82, 2.24) is 14.8 Å². The molecule has 0 bridgehead atoms. The maximum atomic E-state index is 13.0. The summed E-state index contributed by atoms with van der Waals surface area (Å²) in [5.74, 6) is 0.293. The Kier molecular flexibility index (Phi) is 7.63. The summed E-state index contributed by atoms with van der Waals surface area (Å²) in [6.45, 7) is 5.86. The van der Waals surface area contributed by atoms with Crippen LogP contribution in [0.4, 0.5) is 0 Å². The molecule has 2 amide bonds. The van der Waals surface area contributed by atoms with Crippen molar-refractivity contribution >= 4 is 46.1 Å². The lowest BCUT2D eigenvalue weighted by Gasteiger charge is -2.35. The van der Waals surface area contributed by atoms with Gasteiger partial charge in [0.2, 0.25) is 11.8 Å². The first-order chi connectivity index (χ1) is 15.9. The van der Waals surface area contributed by atoms with E-state index in [0.717, 1.165) is 21.4 Å². The number of thioether (sulfide) groups is 1. The number of carbonyl (C=O) groups excluding carboxylic acids is 2. The minimum Gasteiger partial charge on any atom is -0.372 e. The average Bonchev–Trinajstić information content (AvgIpc) is 3.14. The standard InChI is InChI=1S/C25H28ClN3O3S/c1-17-12-29(13-18(2)32-17)25(31)15-28-14-23(20-8-4-6-10-22(20)28)33-16-24(30)27-11-19-7-3-5-9-21(19)26/h3-10,14,17-18H,11-13,15-16H2,1-2H3,(H,27,30)/t17-,18-/m1/s1. The average molecular weight is 486 g/mol. The molecule has 2 aromatic carbocycles. The maximum absolute atomic E-state index is 13.0. The lowest BCUT2D eigenvalue weighted by Crippen LogP contribution is -2.49. The van der Waals surface area contributed by atoms with E-state index in [4.69, 9.17) is 16.3 Å². The van der Waals surface area contributed by atoms with Crippen LogP contribution in [0, 0.1) is 0 Å². The van der Waals surface area contributed by atoms with Gasteiger partial charge < -0.3 is 19.5 Å². The number of carbonyl (C=O) groups is 2. The molecule has 1 fully saturated rings. The van der Waals surface area contributed by atoms with Crippen LogP contribution in [0.1, 0.15) is 19.4 Å². The minimum atomic E-state index is -0.0656. The van der Waals surface area contributed by atoms with Crippen molar-refractivity contribution in [2.45, 2.75) is 44.0 Å². The van der Waals surface area contributed by atoms with Crippen molar-refractivity contribution < 1.29 is 14.3 Å². The number of rotatable bonds is 7. The summed E-state index contributed by atoms with van der Waals surface area (Å²) in [4.78, 5) is 28.3. The van der Waals surface area contributed by atoms with E-state index in [1.54, 1.807) is 0 Å². The zero-order valence-corrected chi connectivity index (χ0v) is 20.4. The predicted molar refractivity (Wildman–Crippen MR) is 133 cm³/mol. The van der Waals surface area contributed by atoms with Crippen LogP contribution >= 0.6 is 23.4 Å². The van der Waals surface area contributed by atoms with E-state index in [9.17, 15) is 9.59 Å². The van der Waals surface area contributed by atoms with E-state index < -0.39 is 0 Å². The van der Waals surface area contributed by atoms with Crippen LogP contribution in [0.2, 0.25) is 5.02 Å². The number of amides is 2. The fraction of sp³-hybridized carbons (Fsp3) is 0.360. The van der Waals surface area contributed by atoms with Gasteiger partial charge in [-0.05, 0) is 31.5 Å². The zero-order valence-electron chi connectivity index (χ0n) is 18.8. The Labute approximate surface area is 203 Å². The van der Waals surface area contributed by atoms with E-state index in [1.807, 2.05) is 78.0 Å². The van der Waals surface area contributed by atoms with E-state index >= 15 is 0 Å². The molecular weight excluding hydrogens is 458 g/mol. The van der Waals surface area contributed by atoms with E-state index in [2.05, 4.69) is 5.32 Å². The second-order valence-corrected chi connectivity index (χ2v) is 9.78. The van der Waals surface area contributed by atoms with Crippen molar-refractivity contribution in [1.29, 1.82) is 0 Å². The summed E-state index contributed by atoms with van der Waals surface area (Å²) in [5, 5.41) is 4.61. The highest BCUT2D eigenvalue weighted by Gasteiger charge is 2.26. The van der Waals surface area contributed by atoms with Crippen LogP contribution in [-0.2, 0) is 27.4 Å². The molecule has 1 aliphatic heterocycles. The molecule has 4 rings (SSSR count). The number of nitrogens with zero attached hydrogens (tertiary/aromatic N) is 2. The molecule has 2 atom stereocenters. The van der Waals surface area contributed by atoms with Crippen molar-refractivity contribution in [3.05, 3.63) is 65.3 Å². The molecule has 1 aromatic heterocycles. The SMILES string of the molecule is C[C@@H]1CN(C(=O)Cn2cc(SCC(=O)NCc3ccccc3Cl)c3ccccc32)C[C@@H](C)O1. The molecule has 33 heavy (non-hydrogen) atoms. The second kappa shape index (κ2) is 10.6. The Morgan fingerprint density at radius 1 is 1.09 bits per heavy atom. The van der Waals surface area contributed by atoms with Gasteiger partial charge in [-0.3, -0.25) is 9.59 Å². The fourth-order valence-corrected chi connectivity index (χ4v) is 5.24. The van der Waals surface area contributed by atoms with Gasteiger partial charge in [0.25, 0.3) is 0 Å².